The van der Waals surface area contributed by atoms with Crippen LogP contribution in [0.5, 0.6) is 5.75 Å². The van der Waals surface area contributed by atoms with Crippen molar-refractivity contribution in [2.24, 2.45) is 7.05 Å². The van der Waals surface area contributed by atoms with Crippen LogP contribution in [0.1, 0.15) is 17.0 Å². The molecule has 0 radical (unpaired) electrons. The summed E-state index contributed by atoms with van der Waals surface area (Å²) in [5, 5.41) is 4.34. The molecule has 0 N–H and O–H groups in total. The lowest BCUT2D eigenvalue weighted by Crippen LogP contribution is -2.04. The van der Waals surface area contributed by atoms with Crippen molar-refractivity contribution in [1.29, 1.82) is 0 Å². The molecule has 0 bridgehead atoms. The molecule has 0 saturated carbocycles. The van der Waals surface area contributed by atoms with E-state index in [1.807, 2.05) is 36.9 Å². The van der Waals surface area contributed by atoms with Gasteiger partial charge in [-0.25, -0.2) is 0 Å². The normalized spacial score (nSPS) is 10.8. The van der Waals surface area contributed by atoms with Gasteiger partial charge >= 0.3 is 0 Å². The Morgan fingerprint density at radius 2 is 2.11 bits per heavy atom. The van der Waals surface area contributed by atoms with Crippen LogP contribution in [0, 0.1) is 6.92 Å². The molecule has 1 aromatic carbocycles. The number of aromatic nitrogens is 2. The topological polar surface area (TPSA) is 27.1 Å². The van der Waals surface area contributed by atoms with Crippen LogP contribution in [0.15, 0.2) is 27.1 Å². The van der Waals surface area contributed by atoms with Crippen LogP contribution >= 0.6 is 43.5 Å². The maximum Gasteiger partial charge on any atom is 0.131 e. The van der Waals surface area contributed by atoms with Gasteiger partial charge in [0.2, 0.25) is 0 Å². The van der Waals surface area contributed by atoms with E-state index in [1.54, 1.807) is 0 Å². The lowest BCUT2D eigenvalue weighted by molar-refractivity contribution is 0.292. The summed E-state index contributed by atoms with van der Waals surface area (Å²) in [5.41, 5.74) is 2.92. The van der Waals surface area contributed by atoms with E-state index in [0.717, 1.165) is 31.6 Å². The van der Waals surface area contributed by atoms with Crippen LogP contribution in [0.4, 0.5) is 0 Å². The second-order valence-electron chi connectivity index (χ2n) is 4.14. The Hall–Kier alpha value is -0.520. The average molecular weight is 409 g/mol. The van der Waals surface area contributed by atoms with Gasteiger partial charge in [0.1, 0.15) is 12.4 Å². The molecule has 0 saturated heterocycles. The molecule has 3 nitrogen and oxygen atoms in total. The van der Waals surface area contributed by atoms with Crippen LogP contribution in [0.3, 0.4) is 0 Å². The highest BCUT2D eigenvalue weighted by molar-refractivity contribution is 9.10. The standard InChI is InChI=1S/C13H13Br2ClN2O/c1-8-13(15)11(18(2)17-8)7-19-12-4-3-10(14)5-9(12)6-16/h3-5H,6-7H2,1-2H3. The molecular weight excluding hydrogens is 395 g/mol. The summed E-state index contributed by atoms with van der Waals surface area (Å²) < 4.78 is 9.65. The zero-order chi connectivity index (χ0) is 14.0. The average Bonchev–Trinajstić information content (AvgIpc) is 2.62. The second-order valence-corrected chi connectivity index (χ2v) is 6.12. The fourth-order valence-electron chi connectivity index (χ4n) is 1.78. The molecular formula is C13H13Br2ClN2O. The Morgan fingerprint density at radius 1 is 1.37 bits per heavy atom. The lowest BCUT2D eigenvalue weighted by Gasteiger charge is -2.11. The van der Waals surface area contributed by atoms with E-state index in [4.69, 9.17) is 16.3 Å². The van der Waals surface area contributed by atoms with Gasteiger partial charge in [-0.1, -0.05) is 15.9 Å². The Labute approximate surface area is 134 Å². The number of hydrogen-bond acceptors (Lipinski definition) is 2. The Balaban J connectivity index is 2.19. The number of nitrogens with zero attached hydrogens (tertiary/aromatic N) is 2. The summed E-state index contributed by atoms with van der Waals surface area (Å²) >= 11 is 12.9. The highest BCUT2D eigenvalue weighted by Crippen LogP contribution is 2.27. The largest absolute Gasteiger partial charge is 0.487 e. The SMILES string of the molecule is Cc1nn(C)c(COc2ccc(Br)cc2CCl)c1Br. The number of ether oxygens (including phenoxy) is 1. The lowest BCUT2D eigenvalue weighted by atomic mass is 10.2. The number of rotatable bonds is 4. The first kappa shape index (κ1) is 14.9. The van der Waals surface area contributed by atoms with Crippen molar-refractivity contribution in [3.8, 4) is 5.75 Å². The highest BCUT2D eigenvalue weighted by Gasteiger charge is 2.12. The minimum atomic E-state index is 0.417. The Morgan fingerprint density at radius 3 is 2.68 bits per heavy atom. The van der Waals surface area contributed by atoms with Crippen molar-refractivity contribution in [3.63, 3.8) is 0 Å². The maximum atomic E-state index is 5.92. The number of benzene rings is 1. The minimum absolute atomic E-state index is 0.417. The van der Waals surface area contributed by atoms with Crippen molar-refractivity contribution < 1.29 is 4.74 Å². The van der Waals surface area contributed by atoms with E-state index in [9.17, 15) is 0 Å². The predicted octanol–water partition coefficient (Wildman–Crippen LogP) is 4.57. The third-order valence-corrected chi connectivity index (χ3v) is 4.61. The molecule has 2 rings (SSSR count). The molecule has 2 aromatic rings. The summed E-state index contributed by atoms with van der Waals surface area (Å²) in [7, 11) is 1.90. The van der Waals surface area contributed by atoms with Crippen LogP contribution in [0.2, 0.25) is 0 Å². The van der Waals surface area contributed by atoms with Gasteiger partial charge in [-0.05, 0) is 41.1 Å². The van der Waals surface area contributed by atoms with Gasteiger partial charge in [-0.2, -0.15) is 5.10 Å². The second kappa shape index (κ2) is 6.29. The molecule has 1 heterocycles. The molecule has 0 amide bonds. The maximum absolute atomic E-state index is 5.92. The summed E-state index contributed by atoms with van der Waals surface area (Å²) in [4.78, 5) is 0. The van der Waals surface area contributed by atoms with Crippen molar-refractivity contribution in [1.82, 2.24) is 9.78 Å². The Kier molecular flexibility index (Phi) is 4.92. The van der Waals surface area contributed by atoms with Crippen LogP contribution in [-0.2, 0) is 19.5 Å². The summed E-state index contributed by atoms with van der Waals surface area (Å²) in [6, 6.07) is 5.82. The highest BCUT2D eigenvalue weighted by atomic mass is 79.9. The molecule has 0 aliphatic rings. The molecule has 0 fully saturated rings. The molecule has 0 aliphatic heterocycles. The van der Waals surface area contributed by atoms with Gasteiger partial charge in [0.25, 0.3) is 0 Å². The molecule has 19 heavy (non-hydrogen) atoms. The van der Waals surface area contributed by atoms with Gasteiger partial charge in [0.05, 0.1) is 21.7 Å². The third kappa shape index (κ3) is 3.33. The zero-order valence-electron chi connectivity index (χ0n) is 10.6. The molecule has 0 unspecified atom stereocenters. The van der Waals surface area contributed by atoms with E-state index in [-0.39, 0.29) is 0 Å². The first-order valence-corrected chi connectivity index (χ1v) is 7.80. The minimum Gasteiger partial charge on any atom is -0.487 e. The fourth-order valence-corrected chi connectivity index (χ4v) is 2.84. The van der Waals surface area contributed by atoms with Gasteiger partial charge < -0.3 is 4.74 Å². The van der Waals surface area contributed by atoms with Gasteiger partial charge in [0, 0.05) is 17.1 Å². The van der Waals surface area contributed by atoms with E-state index in [2.05, 4.69) is 37.0 Å². The van der Waals surface area contributed by atoms with E-state index in [0.29, 0.717) is 12.5 Å². The third-order valence-electron chi connectivity index (χ3n) is 2.79. The van der Waals surface area contributed by atoms with E-state index >= 15 is 0 Å². The van der Waals surface area contributed by atoms with E-state index < -0.39 is 0 Å². The van der Waals surface area contributed by atoms with Gasteiger partial charge in [0.15, 0.2) is 0 Å². The van der Waals surface area contributed by atoms with Crippen LogP contribution < -0.4 is 4.74 Å². The number of aryl methyl sites for hydroxylation is 2. The number of halogens is 3. The zero-order valence-corrected chi connectivity index (χ0v) is 14.5. The van der Waals surface area contributed by atoms with Crippen molar-refractivity contribution >= 4 is 43.5 Å². The quantitative estimate of drug-likeness (QED) is 0.693. The first-order chi connectivity index (χ1) is 9.02. The van der Waals surface area contributed by atoms with Crippen LogP contribution in [-0.4, -0.2) is 9.78 Å². The Bertz CT molecular complexity index is 599. The van der Waals surface area contributed by atoms with Crippen molar-refractivity contribution in [3.05, 3.63) is 44.1 Å². The summed E-state index contributed by atoms with van der Waals surface area (Å²) in [6.07, 6.45) is 0. The number of alkyl halides is 1. The summed E-state index contributed by atoms with van der Waals surface area (Å²) in [6.45, 7) is 2.40. The van der Waals surface area contributed by atoms with Gasteiger partial charge in [-0.15, -0.1) is 11.6 Å². The summed E-state index contributed by atoms with van der Waals surface area (Å²) in [5.74, 6) is 1.21. The van der Waals surface area contributed by atoms with Gasteiger partial charge in [-0.3, -0.25) is 4.68 Å². The monoisotopic (exact) mass is 406 g/mol. The van der Waals surface area contributed by atoms with E-state index in [1.165, 1.54) is 0 Å². The molecule has 0 spiro atoms. The first-order valence-electron chi connectivity index (χ1n) is 5.68. The smallest absolute Gasteiger partial charge is 0.131 e. The molecule has 6 heteroatoms. The van der Waals surface area contributed by atoms with Crippen LogP contribution in [0.25, 0.3) is 0 Å². The molecule has 1 aromatic heterocycles. The molecule has 102 valence electrons. The van der Waals surface area contributed by atoms with Crippen molar-refractivity contribution in [2.45, 2.75) is 19.4 Å². The molecule has 0 atom stereocenters. The predicted molar refractivity (Wildman–Crippen MR) is 83.7 cm³/mol. The molecule has 0 aliphatic carbocycles. The van der Waals surface area contributed by atoms with Crippen molar-refractivity contribution in [2.75, 3.05) is 0 Å². The number of hydrogen-bond donors (Lipinski definition) is 0. The fraction of sp³-hybridized carbons (Fsp3) is 0.308.